The molecule has 2 aromatic rings. The number of H-pyrrole nitrogens is 1. The summed E-state index contributed by atoms with van der Waals surface area (Å²) in [5.74, 6) is 0.675. The summed E-state index contributed by atoms with van der Waals surface area (Å²) in [5, 5.41) is 6.85. The van der Waals surface area contributed by atoms with Gasteiger partial charge in [-0.3, -0.25) is 5.10 Å². The van der Waals surface area contributed by atoms with Crippen molar-refractivity contribution < 1.29 is 8.42 Å². The van der Waals surface area contributed by atoms with E-state index in [1.807, 2.05) is 0 Å². The Bertz CT molecular complexity index is 759. The van der Waals surface area contributed by atoms with Crippen LogP contribution in [0.2, 0.25) is 0 Å². The van der Waals surface area contributed by atoms with Crippen LogP contribution in [0.5, 0.6) is 0 Å². The Morgan fingerprint density at radius 1 is 1.32 bits per heavy atom. The number of aromatic amines is 1. The molecular weight excluding hydrogens is 302 g/mol. The highest BCUT2D eigenvalue weighted by Crippen LogP contribution is 2.36. The second kappa shape index (κ2) is 5.35. The largest absolute Gasteiger partial charge is 0.340 e. The molecule has 1 unspecified atom stereocenters. The predicted molar refractivity (Wildman–Crippen MR) is 82.5 cm³/mol. The second-order valence-corrected chi connectivity index (χ2v) is 8.00. The number of sulfone groups is 1. The smallest absolute Gasteiger partial charge is 0.225 e. The van der Waals surface area contributed by atoms with Crippen molar-refractivity contribution in [1.29, 1.82) is 0 Å². The van der Waals surface area contributed by atoms with Gasteiger partial charge in [0.2, 0.25) is 5.95 Å². The Kier molecular flexibility index (Phi) is 3.64. The Balaban J connectivity index is 1.95. The molecule has 0 spiro atoms. The van der Waals surface area contributed by atoms with Gasteiger partial charge in [0.1, 0.15) is 4.90 Å². The van der Waals surface area contributed by atoms with Crippen LogP contribution in [0.25, 0.3) is 0 Å². The molecule has 0 saturated carbocycles. The number of rotatable bonds is 3. The van der Waals surface area contributed by atoms with Crippen LogP contribution >= 0.6 is 0 Å². The monoisotopic (exact) mass is 321 g/mol. The van der Waals surface area contributed by atoms with E-state index in [4.69, 9.17) is 0 Å². The summed E-state index contributed by atoms with van der Waals surface area (Å²) in [5.41, 5.74) is 0.349. The maximum absolute atomic E-state index is 12.0. The topological polar surface area (TPSA) is 91.8 Å². The summed E-state index contributed by atoms with van der Waals surface area (Å²) in [4.78, 5) is 11.0. The van der Waals surface area contributed by atoms with Gasteiger partial charge in [-0.15, -0.1) is 0 Å². The van der Waals surface area contributed by atoms with Crippen LogP contribution in [-0.2, 0) is 15.3 Å². The first kappa shape index (κ1) is 15.0. The van der Waals surface area contributed by atoms with Crippen molar-refractivity contribution in [2.45, 2.75) is 30.1 Å². The van der Waals surface area contributed by atoms with E-state index in [-0.39, 0.29) is 10.3 Å². The maximum atomic E-state index is 12.0. The summed E-state index contributed by atoms with van der Waals surface area (Å²) in [6.45, 7) is 3.58. The molecule has 1 saturated heterocycles. The normalized spacial score (nSPS) is 22.7. The fourth-order valence-corrected chi connectivity index (χ4v) is 3.96. The summed E-state index contributed by atoms with van der Waals surface area (Å²) in [7, 11) is -3.30. The summed E-state index contributed by atoms with van der Waals surface area (Å²) < 4.78 is 23.9. The number of nitrogens with one attached hydrogen (secondary N) is 1. The fourth-order valence-electron chi connectivity index (χ4n) is 3.06. The maximum Gasteiger partial charge on any atom is 0.225 e. The highest BCUT2D eigenvalue weighted by Gasteiger charge is 2.38. The molecule has 0 aromatic carbocycles. The van der Waals surface area contributed by atoms with E-state index in [0.29, 0.717) is 18.2 Å². The molecule has 2 aromatic heterocycles. The van der Waals surface area contributed by atoms with Crippen LogP contribution in [0, 0.1) is 0 Å². The average Bonchev–Trinajstić information content (AvgIpc) is 2.99. The minimum absolute atomic E-state index is 0.283. The summed E-state index contributed by atoms with van der Waals surface area (Å²) >= 11 is 0. The lowest BCUT2D eigenvalue weighted by Crippen LogP contribution is -2.45. The van der Waals surface area contributed by atoms with Crippen molar-refractivity contribution >= 4 is 15.8 Å². The molecule has 0 bridgehead atoms. The number of anilines is 1. The Hall–Kier alpha value is -1.96. The molecule has 0 aliphatic carbocycles. The van der Waals surface area contributed by atoms with E-state index in [1.54, 1.807) is 18.5 Å². The van der Waals surface area contributed by atoms with Crippen molar-refractivity contribution in [2.24, 2.45) is 0 Å². The molecule has 7 nitrogen and oxygen atoms in total. The Morgan fingerprint density at radius 2 is 2.05 bits per heavy atom. The number of nitrogens with zero attached hydrogens (tertiary/aromatic N) is 4. The number of piperidine rings is 1. The van der Waals surface area contributed by atoms with Gasteiger partial charge in [0, 0.05) is 37.2 Å². The lowest BCUT2D eigenvalue weighted by Gasteiger charge is -2.40. The average molecular weight is 321 g/mol. The minimum atomic E-state index is -3.30. The van der Waals surface area contributed by atoms with E-state index in [2.05, 4.69) is 32.0 Å². The van der Waals surface area contributed by atoms with Gasteiger partial charge in [-0.2, -0.15) is 5.10 Å². The van der Waals surface area contributed by atoms with Crippen molar-refractivity contribution in [3.8, 4) is 0 Å². The van der Waals surface area contributed by atoms with E-state index in [0.717, 1.165) is 19.4 Å². The lowest BCUT2D eigenvalue weighted by atomic mass is 9.79. The molecule has 118 valence electrons. The van der Waals surface area contributed by atoms with Crippen LogP contribution in [-0.4, -0.2) is 47.9 Å². The van der Waals surface area contributed by atoms with Crippen molar-refractivity contribution in [2.75, 3.05) is 24.2 Å². The van der Waals surface area contributed by atoms with E-state index < -0.39 is 9.84 Å². The first-order valence-electron chi connectivity index (χ1n) is 7.16. The van der Waals surface area contributed by atoms with Gasteiger partial charge in [0.15, 0.2) is 9.84 Å². The number of aromatic nitrogens is 4. The third-order valence-corrected chi connectivity index (χ3v) is 5.25. The zero-order valence-corrected chi connectivity index (χ0v) is 13.5. The molecular formula is C14H19N5O2S. The van der Waals surface area contributed by atoms with Crippen LogP contribution in [0.3, 0.4) is 0 Å². The lowest BCUT2D eigenvalue weighted by molar-refractivity contribution is 0.355. The van der Waals surface area contributed by atoms with Crippen LogP contribution in [0.15, 0.2) is 29.6 Å². The first-order valence-corrected chi connectivity index (χ1v) is 9.05. The molecule has 3 heterocycles. The zero-order chi connectivity index (χ0) is 15.8. The highest BCUT2D eigenvalue weighted by molar-refractivity contribution is 7.90. The molecule has 3 rings (SSSR count). The summed E-state index contributed by atoms with van der Waals surface area (Å²) in [6.07, 6.45) is 7.87. The van der Waals surface area contributed by atoms with E-state index in [1.165, 1.54) is 12.5 Å². The van der Waals surface area contributed by atoms with E-state index in [9.17, 15) is 8.42 Å². The van der Waals surface area contributed by atoms with Crippen molar-refractivity contribution in [1.82, 2.24) is 20.2 Å². The number of hydrogen-bond donors (Lipinski definition) is 1. The zero-order valence-electron chi connectivity index (χ0n) is 12.7. The van der Waals surface area contributed by atoms with Gasteiger partial charge in [-0.05, 0) is 18.9 Å². The Labute approximate surface area is 129 Å². The second-order valence-electron chi connectivity index (χ2n) is 6.02. The van der Waals surface area contributed by atoms with Crippen LogP contribution in [0.1, 0.15) is 25.5 Å². The van der Waals surface area contributed by atoms with Crippen LogP contribution < -0.4 is 4.90 Å². The molecule has 1 N–H and O–H groups in total. The molecule has 1 aliphatic rings. The molecule has 22 heavy (non-hydrogen) atoms. The van der Waals surface area contributed by atoms with Crippen LogP contribution in [0.4, 0.5) is 5.95 Å². The van der Waals surface area contributed by atoms with Gasteiger partial charge < -0.3 is 4.90 Å². The van der Waals surface area contributed by atoms with Gasteiger partial charge in [-0.1, -0.05) is 6.92 Å². The molecule has 0 amide bonds. The SMILES string of the molecule is CC1(c2[nH]ncc2S(C)(=O)=O)CCCN(c2ncccn2)C1. The third-order valence-electron chi connectivity index (χ3n) is 4.14. The minimum Gasteiger partial charge on any atom is -0.340 e. The quantitative estimate of drug-likeness (QED) is 0.912. The first-order chi connectivity index (χ1) is 10.4. The van der Waals surface area contributed by atoms with E-state index >= 15 is 0 Å². The molecule has 8 heteroatoms. The number of hydrogen-bond acceptors (Lipinski definition) is 6. The third kappa shape index (κ3) is 2.70. The summed E-state index contributed by atoms with van der Waals surface area (Å²) in [6, 6.07) is 1.78. The van der Waals surface area contributed by atoms with Gasteiger partial charge in [0.05, 0.1) is 11.9 Å². The van der Waals surface area contributed by atoms with Gasteiger partial charge >= 0.3 is 0 Å². The predicted octanol–water partition coefficient (Wildman–Crippen LogP) is 1.16. The molecule has 1 fully saturated rings. The van der Waals surface area contributed by atoms with Crippen molar-refractivity contribution in [3.63, 3.8) is 0 Å². The van der Waals surface area contributed by atoms with Gasteiger partial charge in [-0.25, -0.2) is 18.4 Å². The highest BCUT2D eigenvalue weighted by atomic mass is 32.2. The standard InChI is InChI=1S/C14H19N5O2S/c1-14(12-11(9-17-18-12)22(2,20)21)5-3-8-19(10-14)13-15-6-4-7-16-13/h4,6-7,9H,3,5,8,10H2,1-2H3,(H,17,18). The fraction of sp³-hybridized carbons (Fsp3) is 0.500. The van der Waals surface area contributed by atoms with Gasteiger partial charge in [0.25, 0.3) is 0 Å². The molecule has 0 radical (unpaired) electrons. The van der Waals surface area contributed by atoms with Crippen molar-refractivity contribution in [3.05, 3.63) is 30.4 Å². The molecule has 1 atom stereocenters. The molecule has 1 aliphatic heterocycles. The Morgan fingerprint density at radius 3 is 2.73 bits per heavy atom.